The standard InChI is InChI=1S/C38H46O8/c1-19-21(3)33-26(23(5)31(19)39)12-16-37(7,45-33)15-11-25-9-10-29(35(41)42)30(36(43)44)28(25)14-18-38(8)17-13-27-24(6)32(40)20(2)22(4)34(27)46-38/h9-10,39-40H,11-18H2,1-8H3,(H,41,42)(H,43,44). The molecule has 0 bridgehead atoms. The molecule has 8 nitrogen and oxygen atoms in total. The van der Waals surface area contributed by atoms with E-state index >= 15 is 0 Å². The highest BCUT2D eigenvalue weighted by molar-refractivity contribution is 6.03. The molecule has 0 saturated carbocycles. The number of aromatic carboxylic acids is 2. The van der Waals surface area contributed by atoms with E-state index in [9.17, 15) is 30.0 Å². The molecule has 46 heavy (non-hydrogen) atoms. The number of ether oxygens (including phenoxy) is 2. The van der Waals surface area contributed by atoms with Crippen LogP contribution in [0, 0.1) is 41.5 Å². The zero-order valence-electron chi connectivity index (χ0n) is 28.2. The Hall–Kier alpha value is -4.20. The molecule has 3 aromatic rings. The van der Waals surface area contributed by atoms with Crippen LogP contribution < -0.4 is 9.47 Å². The molecule has 2 unspecified atom stereocenters. The lowest BCUT2D eigenvalue weighted by atomic mass is 9.81. The number of hydrogen-bond acceptors (Lipinski definition) is 6. The number of fused-ring (bicyclic) bond motifs is 2. The van der Waals surface area contributed by atoms with Crippen LogP contribution in [0.15, 0.2) is 12.1 Å². The molecule has 0 saturated heterocycles. The Labute approximate surface area is 271 Å². The number of aryl methyl sites for hydroxylation is 1. The first kappa shape index (κ1) is 33.2. The SMILES string of the molecule is Cc1c(C)c2c(c(C)c1O)CCC(C)(CCc1ccc(C(=O)O)c(C(=O)O)c1CCC1(C)CCc3c(C)c(O)c(C)c(C)c3O1)O2. The molecule has 2 aliphatic rings. The fourth-order valence-electron chi connectivity index (χ4n) is 7.36. The first-order valence-electron chi connectivity index (χ1n) is 16.1. The molecular weight excluding hydrogens is 584 g/mol. The second kappa shape index (κ2) is 11.9. The second-order valence-electron chi connectivity index (χ2n) is 13.9. The van der Waals surface area contributed by atoms with Gasteiger partial charge in [0.05, 0.1) is 11.1 Å². The normalized spacial score (nSPS) is 20.3. The van der Waals surface area contributed by atoms with E-state index in [-0.39, 0.29) is 11.1 Å². The number of carbonyl (C=O) groups is 2. The molecule has 0 amide bonds. The van der Waals surface area contributed by atoms with Crippen molar-refractivity contribution in [3.63, 3.8) is 0 Å². The summed E-state index contributed by atoms with van der Waals surface area (Å²) in [7, 11) is 0. The van der Waals surface area contributed by atoms with Gasteiger partial charge in [0.2, 0.25) is 0 Å². The van der Waals surface area contributed by atoms with Crippen molar-refractivity contribution >= 4 is 11.9 Å². The highest BCUT2D eigenvalue weighted by atomic mass is 16.5. The first-order valence-corrected chi connectivity index (χ1v) is 16.1. The predicted molar refractivity (Wildman–Crippen MR) is 176 cm³/mol. The minimum atomic E-state index is -1.27. The number of rotatable bonds is 8. The van der Waals surface area contributed by atoms with E-state index in [0.717, 1.165) is 74.4 Å². The van der Waals surface area contributed by atoms with Gasteiger partial charge in [0.15, 0.2) is 0 Å². The van der Waals surface area contributed by atoms with Crippen molar-refractivity contribution in [1.29, 1.82) is 0 Å². The Morgan fingerprint density at radius 2 is 1.13 bits per heavy atom. The van der Waals surface area contributed by atoms with Crippen molar-refractivity contribution in [3.8, 4) is 23.0 Å². The Bertz CT molecular complexity index is 1770. The molecule has 3 aromatic carbocycles. The van der Waals surface area contributed by atoms with E-state index < -0.39 is 23.1 Å². The van der Waals surface area contributed by atoms with Gasteiger partial charge < -0.3 is 29.9 Å². The van der Waals surface area contributed by atoms with E-state index in [1.807, 2.05) is 48.5 Å². The average molecular weight is 631 g/mol. The van der Waals surface area contributed by atoms with Gasteiger partial charge in [-0.05, 0) is 157 Å². The fourth-order valence-corrected chi connectivity index (χ4v) is 7.36. The van der Waals surface area contributed by atoms with E-state index in [1.54, 1.807) is 6.07 Å². The van der Waals surface area contributed by atoms with E-state index in [0.29, 0.717) is 55.6 Å². The van der Waals surface area contributed by atoms with Gasteiger partial charge in [-0.15, -0.1) is 0 Å². The van der Waals surface area contributed by atoms with Crippen LogP contribution in [-0.2, 0) is 25.7 Å². The van der Waals surface area contributed by atoms with Crippen molar-refractivity contribution in [3.05, 3.63) is 78.9 Å². The summed E-state index contributed by atoms with van der Waals surface area (Å²) in [5, 5.41) is 41.4. The Balaban J connectivity index is 1.45. The maximum Gasteiger partial charge on any atom is 0.336 e. The molecule has 4 N–H and O–H groups in total. The van der Waals surface area contributed by atoms with Crippen molar-refractivity contribution < 1.29 is 39.5 Å². The van der Waals surface area contributed by atoms with E-state index in [4.69, 9.17) is 9.47 Å². The van der Waals surface area contributed by atoms with E-state index in [1.165, 1.54) is 6.07 Å². The van der Waals surface area contributed by atoms with Crippen LogP contribution in [0.4, 0.5) is 0 Å². The third-order valence-electron chi connectivity index (χ3n) is 10.9. The number of carboxylic acids is 2. The molecule has 0 aliphatic carbocycles. The van der Waals surface area contributed by atoms with Crippen LogP contribution in [0.5, 0.6) is 23.0 Å². The zero-order valence-corrected chi connectivity index (χ0v) is 28.2. The third-order valence-corrected chi connectivity index (χ3v) is 10.9. The van der Waals surface area contributed by atoms with Crippen molar-refractivity contribution in [2.45, 2.75) is 118 Å². The van der Waals surface area contributed by atoms with Crippen molar-refractivity contribution in [2.75, 3.05) is 0 Å². The van der Waals surface area contributed by atoms with Gasteiger partial charge in [0.1, 0.15) is 34.2 Å². The van der Waals surface area contributed by atoms with Crippen LogP contribution >= 0.6 is 0 Å². The quantitative estimate of drug-likeness (QED) is 0.198. The summed E-state index contributed by atoms with van der Waals surface area (Å²) in [6.45, 7) is 15.6. The number of aromatic hydroxyl groups is 2. The minimum Gasteiger partial charge on any atom is -0.507 e. The zero-order chi connectivity index (χ0) is 33.9. The van der Waals surface area contributed by atoms with Gasteiger partial charge in [0.25, 0.3) is 0 Å². The summed E-state index contributed by atoms with van der Waals surface area (Å²) >= 11 is 0. The largest absolute Gasteiger partial charge is 0.507 e. The van der Waals surface area contributed by atoms with E-state index in [2.05, 4.69) is 6.92 Å². The Morgan fingerprint density at radius 1 is 0.674 bits per heavy atom. The van der Waals surface area contributed by atoms with Crippen LogP contribution in [-0.4, -0.2) is 43.6 Å². The summed E-state index contributed by atoms with van der Waals surface area (Å²) in [5.74, 6) is -0.346. The lowest BCUT2D eigenvalue weighted by Gasteiger charge is -2.39. The topological polar surface area (TPSA) is 134 Å². The van der Waals surface area contributed by atoms with Crippen LogP contribution in [0.3, 0.4) is 0 Å². The maximum absolute atomic E-state index is 12.6. The molecule has 246 valence electrons. The molecule has 8 heteroatoms. The van der Waals surface area contributed by atoms with Crippen molar-refractivity contribution in [1.82, 2.24) is 0 Å². The molecule has 0 fully saturated rings. The molecule has 0 radical (unpaired) electrons. The van der Waals surface area contributed by atoms with Gasteiger partial charge in [-0.3, -0.25) is 0 Å². The summed E-state index contributed by atoms with van der Waals surface area (Å²) < 4.78 is 13.3. The molecular formula is C38H46O8. The second-order valence-corrected chi connectivity index (χ2v) is 13.9. The number of benzene rings is 3. The molecule has 5 rings (SSSR count). The Kier molecular flexibility index (Phi) is 8.56. The summed E-state index contributed by atoms with van der Waals surface area (Å²) in [6, 6.07) is 3.15. The van der Waals surface area contributed by atoms with Gasteiger partial charge in [-0.1, -0.05) is 6.07 Å². The molecule has 0 spiro atoms. The monoisotopic (exact) mass is 630 g/mol. The molecule has 2 atom stereocenters. The average Bonchev–Trinajstić information content (AvgIpc) is 3.02. The molecule has 2 heterocycles. The molecule has 2 aliphatic heterocycles. The smallest absolute Gasteiger partial charge is 0.336 e. The third kappa shape index (κ3) is 5.67. The number of phenolic OH excluding ortho intramolecular Hbond substituents is 2. The van der Waals surface area contributed by atoms with Crippen LogP contribution in [0.25, 0.3) is 0 Å². The minimum absolute atomic E-state index is 0.171. The lowest BCUT2D eigenvalue weighted by Crippen LogP contribution is -2.38. The number of hydrogen-bond donors (Lipinski definition) is 4. The fraction of sp³-hybridized carbons (Fsp3) is 0.474. The Morgan fingerprint density at radius 3 is 1.57 bits per heavy atom. The van der Waals surface area contributed by atoms with Gasteiger partial charge >= 0.3 is 11.9 Å². The number of phenols is 2. The maximum atomic E-state index is 12.6. The predicted octanol–water partition coefficient (Wildman–Crippen LogP) is 7.78. The summed E-state index contributed by atoms with van der Waals surface area (Å²) in [6.07, 6.45) is 4.81. The van der Waals surface area contributed by atoms with Gasteiger partial charge in [-0.25, -0.2) is 9.59 Å². The van der Waals surface area contributed by atoms with Gasteiger partial charge in [-0.2, -0.15) is 0 Å². The summed E-state index contributed by atoms with van der Waals surface area (Å²) in [5.41, 5.74) is 6.86. The number of carboxylic acid groups (broad SMARTS) is 2. The lowest BCUT2D eigenvalue weighted by molar-refractivity contribution is 0.0532. The first-order chi connectivity index (χ1) is 21.5. The van der Waals surface area contributed by atoms with Gasteiger partial charge in [0, 0.05) is 11.1 Å². The summed E-state index contributed by atoms with van der Waals surface area (Å²) in [4.78, 5) is 24.8. The molecule has 0 aromatic heterocycles. The van der Waals surface area contributed by atoms with Crippen LogP contribution in [0.2, 0.25) is 0 Å². The highest BCUT2D eigenvalue weighted by Gasteiger charge is 2.37. The highest BCUT2D eigenvalue weighted by Crippen LogP contribution is 2.46. The van der Waals surface area contributed by atoms with Crippen molar-refractivity contribution in [2.24, 2.45) is 0 Å². The van der Waals surface area contributed by atoms with Crippen LogP contribution in [0.1, 0.15) is 116 Å².